The number of rotatable bonds is 8. The molecule has 0 aromatic heterocycles. The molecule has 0 amide bonds. The van der Waals surface area contributed by atoms with Crippen molar-refractivity contribution in [1.29, 1.82) is 0 Å². The van der Waals surface area contributed by atoms with E-state index in [2.05, 4.69) is 0 Å². The summed E-state index contributed by atoms with van der Waals surface area (Å²) < 4.78 is 16.8. The largest absolute Gasteiger partial charge is 0.390 e. The van der Waals surface area contributed by atoms with Gasteiger partial charge in [-0.05, 0) is 25.7 Å². The Bertz CT molecular complexity index is 247. The van der Waals surface area contributed by atoms with Gasteiger partial charge in [0, 0.05) is 0 Å². The monoisotopic (exact) mass is 302 g/mol. The Labute approximate surface area is 127 Å². The molecule has 0 saturated heterocycles. The van der Waals surface area contributed by atoms with Gasteiger partial charge in [0.1, 0.15) is 0 Å². The quantitative estimate of drug-likeness (QED) is 0.667. The number of aliphatic hydroxyl groups is 2. The molecule has 0 heterocycles. The Kier molecular flexibility index (Phi) is 7.96. The predicted octanol–water partition coefficient (Wildman–Crippen LogP) is 1.64. The van der Waals surface area contributed by atoms with Crippen molar-refractivity contribution in [3.05, 3.63) is 0 Å². The van der Waals surface area contributed by atoms with Gasteiger partial charge in [-0.25, -0.2) is 0 Å². The molecule has 124 valence electrons. The zero-order valence-electron chi connectivity index (χ0n) is 12.9. The van der Waals surface area contributed by atoms with Crippen molar-refractivity contribution in [2.24, 2.45) is 0 Å². The summed E-state index contributed by atoms with van der Waals surface area (Å²) in [4.78, 5) is 0. The average Bonchev–Trinajstić information content (AvgIpc) is 2.50. The van der Waals surface area contributed by atoms with Crippen LogP contribution in [0.2, 0.25) is 0 Å². The molecule has 0 bridgehead atoms. The van der Waals surface area contributed by atoms with E-state index in [4.69, 9.17) is 14.2 Å². The number of hydrogen-bond donors (Lipinski definition) is 2. The molecule has 0 radical (unpaired) electrons. The van der Waals surface area contributed by atoms with Crippen LogP contribution in [0.3, 0.4) is 0 Å². The van der Waals surface area contributed by atoms with Gasteiger partial charge in [-0.3, -0.25) is 0 Å². The molecule has 0 aliphatic heterocycles. The molecule has 5 heteroatoms. The van der Waals surface area contributed by atoms with E-state index in [1.165, 1.54) is 0 Å². The summed E-state index contributed by atoms with van der Waals surface area (Å²) in [6.07, 6.45) is 7.42. The van der Waals surface area contributed by atoms with Crippen LogP contribution in [0.15, 0.2) is 0 Å². The topological polar surface area (TPSA) is 68.2 Å². The summed E-state index contributed by atoms with van der Waals surface area (Å²) in [6, 6.07) is 0. The third-order valence-corrected chi connectivity index (χ3v) is 4.45. The number of aliphatic hydroxyl groups excluding tert-OH is 2. The van der Waals surface area contributed by atoms with Crippen molar-refractivity contribution >= 4 is 0 Å². The van der Waals surface area contributed by atoms with Crippen LogP contribution >= 0.6 is 0 Å². The fourth-order valence-electron chi connectivity index (χ4n) is 3.16. The first kappa shape index (κ1) is 17.2. The van der Waals surface area contributed by atoms with Gasteiger partial charge < -0.3 is 24.4 Å². The van der Waals surface area contributed by atoms with Crippen LogP contribution in [-0.4, -0.2) is 61.1 Å². The standard InChI is InChI=1S/C16H30O5/c17-13-5-1-3-7-15(13)20-11-9-19-10-12-21-16-8-4-2-6-14(16)18/h13-18H,1-12H2. The van der Waals surface area contributed by atoms with Crippen molar-refractivity contribution in [1.82, 2.24) is 0 Å². The van der Waals surface area contributed by atoms with E-state index >= 15 is 0 Å². The minimum Gasteiger partial charge on any atom is -0.390 e. The summed E-state index contributed by atoms with van der Waals surface area (Å²) in [5, 5.41) is 19.5. The molecule has 21 heavy (non-hydrogen) atoms. The first-order valence-electron chi connectivity index (χ1n) is 8.44. The van der Waals surface area contributed by atoms with Crippen molar-refractivity contribution in [2.75, 3.05) is 26.4 Å². The Balaban J connectivity index is 1.43. The zero-order chi connectivity index (χ0) is 14.9. The van der Waals surface area contributed by atoms with E-state index in [1.807, 2.05) is 0 Å². The van der Waals surface area contributed by atoms with Crippen LogP contribution in [0.1, 0.15) is 51.4 Å². The summed E-state index contributed by atoms with van der Waals surface area (Å²) in [5.41, 5.74) is 0. The molecule has 5 nitrogen and oxygen atoms in total. The Morgan fingerprint density at radius 3 is 1.48 bits per heavy atom. The fourth-order valence-corrected chi connectivity index (χ4v) is 3.16. The molecule has 2 aliphatic rings. The van der Waals surface area contributed by atoms with E-state index in [1.54, 1.807) is 0 Å². The van der Waals surface area contributed by atoms with Crippen LogP contribution in [0, 0.1) is 0 Å². The third kappa shape index (κ3) is 6.20. The van der Waals surface area contributed by atoms with Crippen LogP contribution in [0.5, 0.6) is 0 Å². The predicted molar refractivity (Wildman–Crippen MR) is 79.2 cm³/mol. The van der Waals surface area contributed by atoms with Crippen LogP contribution in [0.25, 0.3) is 0 Å². The molecular weight excluding hydrogens is 272 g/mol. The maximum atomic E-state index is 9.77. The lowest BCUT2D eigenvalue weighted by atomic mass is 9.95. The molecule has 0 spiro atoms. The van der Waals surface area contributed by atoms with Gasteiger partial charge >= 0.3 is 0 Å². The second kappa shape index (κ2) is 9.74. The van der Waals surface area contributed by atoms with Gasteiger partial charge in [0.15, 0.2) is 0 Å². The van der Waals surface area contributed by atoms with Crippen LogP contribution in [-0.2, 0) is 14.2 Å². The summed E-state index contributed by atoms with van der Waals surface area (Å²) in [5.74, 6) is 0. The molecular formula is C16H30O5. The first-order chi connectivity index (χ1) is 10.3. The first-order valence-corrected chi connectivity index (χ1v) is 8.44. The van der Waals surface area contributed by atoms with Gasteiger partial charge in [0.05, 0.1) is 50.8 Å². The lowest BCUT2D eigenvalue weighted by Gasteiger charge is -2.28. The lowest BCUT2D eigenvalue weighted by molar-refractivity contribution is -0.0903. The second-order valence-electron chi connectivity index (χ2n) is 6.13. The van der Waals surface area contributed by atoms with Gasteiger partial charge in [0.2, 0.25) is 0 Å². The van der Waals surface area contributed by atoms with E-state index in [9.17, 15) is 10.2 Å². The average molecular weight is 302 g/mol. The molecule has 2 fully saturated rings. The Hall–Kier alpha value is -0.200. The zero-order valence-corrected chi connectivity index (χ0v) is 12.9. The number of ether oxygens (including phenoxy) is 3. The molecule has 2 saturated carbocycles. The van der Waals surface area contributed by atoms with Gasteiger partial charge in [-0.2, -0.15) is 0 Å². The Morgan fingerprint density at radius 1 is 0.619 bits per heavy atom. The van der Waals surface area contributed by atoms with Crippen molar-refractivity contribution in [3.63, 3.8) is 0 Å². The van der Waals surface area contributed by atoms with E-state index < -0.39 is 0 Å². The van der Waals surface area contributed by atoms with Gasteiger partial charge in [-0.1, -0.05) is 25.7 Å². The van der Waals surface area contributed by atoms with Crippen LogP contribution < -0.4 is 0 Å². The fraction of sp³-hybridized carbons (Fsp3) is 1.00. The van der Waals surface area contributed by atoms with Crippen molar-refractivity contribution < 1.29 is 24.4 Å². The molecule has 2 aliphatic carbocycles. The highest BCUT2D eigenvalue weighted by Gasteiger charge is 2.24. The van der Waals surface area contributed by atoms with Crippen LogP contribution in [0.4, 0.5) is 0 Å². The van der Waals surface area contributed by atoms with E-state index in [0.29, 0.717) is 26.4 Å². The van der Waals surface area contributed by atoms with Crippen molar-refractivity contribution in [2.45, 2.75) is 75.8 Å². The minimum atomic E-state index is -0.310. The molecule has 0 aromatic carbocycles. The lowest BCUT2D eigenvalue weighted by Crippen LogP contribution is -2.34. The minimum absolute atomic E-state index is 0.0176. The highest BCUT2D eigenvalue weighted by atomic mass is 16.6. The maximum Gasteiger partial charge on any atom is 0.0835 e. The highest BCUT2D eigenvalue weighted by Crippen LogP contribution is 2.21. The summed E-state index contributed by atoms with van der Waals surface area (Å²) in [7, 11) is 0. The number of hydrogen-bond acceptors (Lipinski definition) is 5. The van der Waals surface area contributed by atoms with Gasteiger partial charge in [0.25, 0.3) is 0 Å². The SMILES string of the molecule is OC1CCCCC1OCCOCCOC1CCCCC1O. The molecule has 2 N–H and O–H groups in total. The van der Waals surface area contributed by atoms with E-state index in [-0.39, 0.29) is 24.4 Å². The highest BCUT2D eigenvalue weighted by molar-refractivity contribution is 4.75. The smallest absolute Gasteiger partial charge is 0.0835 e. The summed E-state index contributed by atoms with van der Waals surface area (Å²) in [6.45, 7) is 2.10. The third-order valence-electron chi connectivity index (χ3n) is 4.45. The normalized spacial score (nSPS) is 34.0. The molecule has 0 aromatic rings. The summed E-state index contributed by atoms with van der Waals surface area (Å²) >= 11 is 0. The van der Waals surface area contributed by atoms with Crippen molar-refractivity contribution in [3.8, 4) is 0 Å². The maximum absolute atomic E-state index is 9.77. The van der Waals surface area contributed by atoms with E-state index in [0.717, 1.165) is 51.4 Å². The molecule has 2 rings (SSSR count). The molecule has 4 atom stereocenters. The second-order valence-corrected chi connectivity index (χ2v) is 6.13. The van der Waals surface area contributed by atoms with Gasteiger partial charge in [-0.15, -0.1) is 0 Å². The Morgan fingerprint density at radius 2 is 1.05 bits per heavy atom. The molecule has 4 unspecified atom stereocenters.